The van der Waals surface area contributed by atoms with Crippen LogP contribution in [0.2, 0.25) is 0 Å². The number of anilines is 1. The summed E-state index contributed by atoms with van der Waals surface area (Å²) in [7, 11) is 1.24. The van der Waals surface area contributed by atoms with E-state index in [9.17, 15) is 9.18 Å². The first-order valence-electron chi connectivity index (χ1n) is 5.56. The SMILES string of the molecule is COC(=O)c1ccc(N2CCNCC2)cc1F. The van der Waals surface area contributed by atoms with Crippen LogP contribution in [0.25, 0.3) is 0 Å². The van der Waals surface area contributed by atoms with Crippen molar-refractivity contribution < 1.29 is 13.9 Å². The predicted octanol–water partition coefficient (Wildman–Crippen LogP) is 1.02. The minimum Gasteiger partial charge on any atom is -0.465 e. The molecule has 0 bridgehead atoms. The number of nitrogens with zero attached hydrogens (tertiary/aromatic N) is 1. The van der Waals surface area contributed by atoms with Gasteiger partial charge in [-0.2, -0.15) is 0 Å². The molecule has 0 aromatic heterocycles. The van der Waals surface area contributed by atoms with E-state index < -0.39 is 11.8 Å². The number of piperazine rings is 1. The number of halogens is 1. The van der Waals surface area contributed by atoms with Crippen molar-refractivity contribution in [2.45, 2.75) is 0 Å². The van der Waals surface area contributed by atoms with Crippen LogP contribution in [0.5, 0.6) is 0 Å². The molecule has 1 saturated heterocycles. The predicted molar refractivity (Wildman–Crippen MR) is 62.8 cm³/mol. The first-order chi connectivity index (χ1) is 8.22. The maximum absolute atomic E-state index is 13.7. The summed E-state index contributed by atoms with van der Waals surface area (Å²) < 4.78 is 18.2. The quantitative estimate of drug-likeness (QED) is 0.781. The van der Waals surface area contributed by atoms with E-state index in [0.717, 1.165) is 31.9 Å². The van der Waals surface area contributed by atoms with Crippen LogP contribution in [0, 0.1) is 5.82 Å². The third-order valence-electron chi connectivity index (χ3n) is 2.84. The number of methoxy groups -OCH3 is 1. The molecule has 1 fully saturated rings. The molecule has 2 rings (SSSR count). The molecule has 1 aromatic carbocycles. The fraction of sp³-hybridized carbons (Fsp3) is 0.417. The van der Waals surface area contributed by atoms with E-state index in [0.29, 0.717) is 0 Å². The lowest BCUT2D eigenvalue weighted by Gasteiger charge is -2.29. The van der Waals surface area contributed by atoms with E-state index in [1.807, 2.05) is 0 Å². The van der Waals surface area contributed by atoms with Crippen molar-refractivity contribution in [3.63, 3.8) is 0 Å². The number of benzene rings is 1. The molecular formula is C12H15FN2O2. The number of hydrogen-bond acceptors (Lipinski definition) is 4. The molecule has 1 heterocycles. The van der Waals surface area contributed by atoms with Crippen LogP contribution in [-0.2, 0) is 4.74 Å². The van der Waals surface area contributed by atoms with Crippen molar-refractivity contribution >= 4 is 11.7 Å². The average molecular weight is 238 g/mol. The topological polar surface area (TPSA) is 41.6 Å². The molecule has 0 saturated carbocycles. The highest BCUT2D eigenvalue weighted by Gasteiger charge is 2.16. The van der Waals surface area contributed by atoms with Gasteiger partial charge < -0.3 is 15.0 Å². The van der Waals surface area contributed by atoms with Crippen LogP contribution >= 0.6 is 0 Å². The average Bonchev–Trinajstić information content (AvgIpc) is 2.39. The Labute approximate surface area is 99.4 Å². The van der Waals surface area contributed by atoms with Gasteiger partial charge in [0.2, 0.25) is 0 Å². The van der Waals surface area contributed by atoms with Crippen LogP contribution in [0.15, 0.2) is 18.2 Å². The molecular weight excluding hydrogens is 223 g/mol. The third-order valence-corrected chi connectivity index (χ3v) is 2.84. The van der Waals surface area contributed by atoms with E-state index in [4.69, 9.17) is 0 Å². The monoisotopic (exact) mass is 238 g/mol. The second kappa shape index (κ2) is 5.14. The van der Waals surface area contributed by atoms with Crippen molar-refractivity contribution in [1.29, 1.82) is 0 Å². The minimum absolute atomic E-state index is 0.0219. The Morgan fingerprint density at radius 2 is 2.12 bits per heavy atom. The van der Waals surface area contributed by atoms with E-state index >= 15 is 0 Å². The lowest BCUT2D eigenvalue weighted by Crippen LogP contribution is -2.43. The smallest absolute Gasteiger partial charge is 0.340 e. The molecule has 0 aliphatic carbocycles. The summed E-state index contributed by atoms with van der Waals surface area (Å²) in [5, 5.41) is 3.23. The maximum atomic E-state index is 13.7. The van der Waals surface area contributed by atoms with E-state index in [1.165, 1.54) is 19.2 Å². The summed E-state index contributed by atoms with van der Waals surface area (Å²) >= 11 is 0. The Balaban J connectivity index is 2.20. The fourth-order valence-electron chi connectivity index (χ4n) is 1.90. The number of carbonyl (C=O) groups is 1. The lowest BCUT2D eigenvalue weighted by molar-refractivity contribution is 0.0595. The second-order valence-corrected chi connectivity index (χ2v) is 3.89. The van der Waals surface area contributed by atoms with Gasteiger partial charge in [-0.1, -0.05) is 0 Å². The van der Waals surface area contributed by atoms with Gasteiger partial charge in [0.25, 0.3) is 0 Å². The number of esters is 1. The van der Waals surface area contributed by atoms with Gasteiger partial charge in [-0.05, 0) is 18.2 Å². The van der Waals surface area contributed by atoms with Crippen molar-refractivity contribution in [2.24, 2.45) is 0 Å². The second-order valence-electron chi connectivity index (χ2n) is 3.89. The van der Waals surface area contributed by atoms with Crippen molar-refractivity contribution in [3.05, 3.63) is 29.6 Å². The van der Waals surface area contributed by atoms with E-state index in [1.54, 1.807) is 6.07 Å². The number of carbonyl (C=O) groups excluding carboxylic acids is 1. The van der Waals surface area contributed by atoms with Gasteiger partial charge in [0.1, 0.15) is 5.82 Å². The molecule has 92 valence electrons. The molecule has 0 spiro atoms. The molecule has 1 aliphatic rings. The molecule has 0 amide bonds. The summed E-state index contributed by atoms with van der Waals surface area (Å²) in [6.45, 7) is 3.47. The number of nitrogens with one attached hydrogen (secondary N) is 1. The van der Waals surface area contributed by atoms with Gasteiger partial charge >= 0.3 is 5.97 Å². The molecule has 0 unspecified atom stereocenters. The van der Waals surface area contributed by atoms with Gasteiger partial charge in [0, 0.05) is 31.9 Å². The van der Waals surface area contributed by atoms with Crippen LogP contribution in [-0.4, -0.2) is 39.3 Å². The molecule has 0 atom stereocenters. The lowest BCUT2D eigenvalue weighted by atomic mass is 10.1. The molecule has 4 nitrogen and oxygen atoms in total. The summed E-state index contributed by atoms with van der Waals surface area (Å²) in [5.41, 5.74) is 0.781. The first-order valence-corrected chi connectivity index (χ1v) is 5.56. The van der Waals surface area contributed by atoms with Crippen molar-refractivity contribution in [2.75, 3.05) is 38.2 Å². The molecule has 5 heteroatoms. The molecule has 0 radical (unpaired) electrons. The summed E-state index contributed by atoms with van der Waals surface area (Å²) in [6, 6.07) is 4.61. The van der Waals surface area contributed by atoms with Crippen molar-refractivity contribution in [1.82, 2.24) is 5.32 Å². The number of ether oxygens (including phenoxy) is 1. The first kappa shape index (κ1) is 11.9. The van der Waals surface area contributed by atoms with Crippen LogP contribution in [0.4, 0.5) is 10.1 Å². The summed E-state index contributed by atoms with van der Waals surface area (Å²) in [6.07, 6.45) is 0. The summed E-state index contributed by atoms with van der Waals surface area (Å²) in [4.78, 5) is 13.3. The van der Waals surface area contributed by atoms with Crippen molar-refractivity contribution in [3.8, 4) is 0 Å². The Bertz CT molecular complexity index is 417. The number of hydrogen-bond donors (Lipinski definition) is 1. The highest BCUT2D eigenvalue weighted by Crippen LogP contribution is 2.19. The Hall–Kier alpha value is -1.62. The highest BCUT2D eigenvalue weighted by molar-refractivity contribution is 5.90. The Morgan fingerprint density at radius 1 is 1.41 bits per heavy atom. The molecule has 1 aliphatic heterocycles. The van der Waals surface area contributed by atoms with Gasteiger partial charge in [-0.25, -0.2) is 9.18 Å². The molecule has 17 heavy (non-hydrogen) atoms. The normalized spacial score (nSPS) is 15.8. The third kappa shape index (κ3) is 2.55. The van der Waals surface area contributed by atoms with Crippen LogP contribution in [0.3, 0.4) is 0 Å². The van der Waals surface area contributed by atoms with E-state index in [-0.39, 0.29) is 5.56 Å². The zero-order valence-electron chi connectivity index (χ0n) is 9.70. The van der Waals surface area contributed by atoms with Crippen LogP contribution in [0.1, 0.15) is 10.4 Å². The molecule has 1 aromatic rings. The minimum atomic E-state index is -0.644. The van der Waals surface area contributed by atoms with Gasteiger partial charge in [-0.3, -0.25) is 0 Å². The largest absolute Gasteiger partial charge is 0.465 e. The Kier molecular flexibility index (Phi) is 3.58. The number of rotatable bonds is 2. The standard InChI is InChI=1S/C12H15FN2O2/c1-17-12(16)10-3-2-9(8-11(10)13)15-6-4-14-5-7-15/h2-3,8,14H,4-7H2,1H3. The Morgan fingerprint density at radius 3 is 2.71 bits per heavy atom. The molecule has 1 N–H and O–H groups in total. The zero-order valence-corrected chi connectivity index (χ0v) is 9.70. The summed E-state index contributed by atoms with van der Waals surface area (Å²) in [5.74, 6) is -1.18. The van der Waals surface area contributed by atoms with Gasteiger partial charge in [0.05, 0.1) is 12.7 Å². The zero-order chi connectivity index (χ0) is 12.3. The van der Waals surface area contributed by atoms with Crippen LogP contribution < -0.4 is 10.2 Å². The van der Waals surface area contributed by atoms with Gasteiger partial charge in [-0.15, -0.1) is 0 Å². The van der Waals surface area contributed by atoms with E-state index in [2.05, 4.69) is 15.0 Å². The van der Waals surface area contributed by atoms with Gasteiger partial charge in [0.15, 0.2) is 0 Å². The fourth-order valence-corrected chi connectivity index (χ4v) is 1.90. The maximum Gasteiger partial charge on any atom is 0.340 e. The highest BCUT2D eigenvalue weighted by atomic mass is 19.1.